The Morgan fingerprint density at radius 1 is 1.16 bits per heavy atom. The largest absolute Gasteiger partial charge is 0.462 e. The second-order valence-electron chi connectivity index (χ2n) is 6.93. The first-order valence-electron chi connectivity index (χ1n) is 9.94. The van der Waals surface area contributed by atoms with Gasteiger partial charge in [-0.1, -0.05) is 42.1 Å². The molecule has 3 heterocycles. The summed E-state index contributed by atoms with van der Waals surface area (Å²) in [5.74, 6) is -0.108. The number of nitrogens with zero attached hydrogens (tertiary/aromatic N) is 4. The molecule has 4 aromatic rings. The van der Waals surface area contributed by atoms with Gasteiger partial charge in [0.1, 0.15) is 4.88 Å². The molecular weight excluding hydrogens is 446 g/mol. The van der Waals surface area contributed by atoms with E-state index in [1.54, 1.807) is 13.0 Å². The summed E-state index contributed by atoms with van der Waals surface area (Å²) in [6, 6.07) is 13.4. The second-order valence-corrected chi connectivity index (χ2v) is 8.93. The van der Waals surface area contributed by atoms with Gasteiger partial charge in [-0.15, -0.1) is 21.5 Å². The first-order valence-corrected chi connectivity index (χ1v) is 11.7. The Morgan fingerprint density at radius 3 is 2.69 bits per heavy atom. The predicted octanol–water partition coefficient (Wildman–Crippen LogP) is 4.38. The van der Waals surface area contributed by atoms with Crippen molar-refractivity contribution in [2.24, 2.45) is 0 Å². The van der Waals surface area contributed by atoms with Crippen molar-refractivity contribution in [1.82, 2.24) is 19.6 Å². The lowest BCUT2D eigenvalue weighted by molar-refractivity contribution is -0.113. The molecule has 0 atom stereocenters. The average Bonchev–Trinajstić information content (AvgIpc) is 3.37. The third-order valence-corrected chi connectivity index (χ3v) is 6.61. The Balaban J connectivity index is 1.52. The zero-order valence-corrected chi connectivity index (χ0v) is 19.4. The molecule has 0 fully saturated rings. The number of amides is 1. The number of esters is 1. The van der Waals surface area contributed by atoms with E-state index in [4.69, 9.17) is 4.74 Å². The number of anilines is 1. The molecule has 1 N–H and O–H groups in total. The van der Waals surface area contributed by atoms with Gasteiger partial charge < -0.3 is 10.1 Å². The van der Waals surface area contributed by atoms with E-state index in [2.05, 4.69) is 20.5 Å². The smallest absolute Gasteiger partial charge is 0.350 e. The minimum atomic E-state index is -0.455. The number of ether oxygens (including phenoxy) is 1. The molecule has 8 nitrogen and oxygen atoms in total. The lowest BCUT2D eigenvalue weighted by atomic mass is 10.2. The van der Waals surface area contributed by atoms with E-state index < -0.39 is 5.97 Å². The van der Waals surface area contributed by atoms with E-state index >= 15 is 0 Å². The molecule has 1 amide bonds. The fourth-order valence-corrected chi connectivity index (χ4v) is 4.99. The molecule has 0 aliphatic rings. The monoisotopic (exact) mass is 467 g/mol. The molecule has 0 aliphatic carbocycles. The number of carbonyl (C=O) groups is 2. The number of hydrogen-bond acceptors (Lipinski definition) is 8. The highest BCUT2D eigenvalue weighted by Crippen LogP contribution is 2.35. The highest BCUT2D eigenvalue weighted by molar-refractivity contribution is 7.99. The minimum Gasteiger partial charge on any atom is -0.462 e. The van der Waals surface area contributed by atoms with Gasteiger partial charge in [0.05, 0.1) is 18.0 Å². The summed E-state index contributed by atoms with van der Waals surface area (Å²) in [7, 11) is 0. The fourth-order valence-electron chi connectivity index (χ4n) is 3.19. The molecule has 10 heteroatoms. The SMILES string of the molecule is CCOC(=O)c1sc(-c2ccccc2)cc1NC(=O)CSc1nnc2nc(C)cc(C)n12. The quantitative estimate of drug-likeness (QED) is 0.318. The molecule has 0 radical (unpaired) electrons. The van der Waals surface area contributed by atoms with E-state index in [1.807, 2.05) is 54.6 Å². The van der Waals surface area contributed by atoms with E-state index in [0.29, 0.717) is 21.5 Å². The Kier molecular flexibility index (Phi) is 6.52. The van der Waals surface area contributed by atoms with Crippen LogP contribution < -0.4 is 5.32 Å². The third-order valence-electron chi connectivity index (χ3n) is 4.52. The van der Waals surface area contributed by atoms with Crippen LogP contribution in [0.4, 0.5) is 5.69 Å². The molecule has 3 aromatic heterocycles. The highest BCUT2D eigenvalue weighted by atomic mass is 32.2. The summed E-state index contributed by atoms with van der Waals surface area (Å²) < 4.78 is 6.99. The molecule has 0 bridgehead atoms. The van der Waals surface area contributed by atoms with Gasteiger partial charge in [0, 0.05) is 16.3 Å². The number of nitrogens with one attached hydrogen (secondary N) is 1. The van der Waals surface area contributed by atoms with Crippen molar-refractivity contribution in [1.29, 1.82) is 0 Å². The lowest BCUT2D eigenvalue weighted by Gasteiger charge is -2.06. The number of fused-ring (bicyclic) bond motifs is 1. The summed E-state index contributed by atoms with van der Waals surface area (Å²) in [4.78, 5) is 30.8. The maximum absolute atomic E-state index is 12.7. The van der Waals surface area contributed by atoms with Gasteiger partial charge in [0.25, 0.3) is 5.78 Å². The van der Waals surface area contributed by atoms with Crippen molar-refractivity contribution in [2.45, 2.75) is 25.9 Å². The second kappa shape index (κ2) is 9.49. The predicted molar refractivity (Wildman–Crippen MR) is 125 cm³/mol. The van der Waals surface area contributed by atoms with Gasteiger partial charge in [0.2, 0.25) is 5.91 Å². The topological polar surface area (TPSA) is 98.5 Å². The average molecular weight is 468 g/mol. The fraction of sp³-hybridized carbons (Fsp3) is 0.227. The molecule has 0 saturated carbocycles. The van der Waals surface area contributed by atoms with Crippen LogP contribution in [0.3, 0.4) is 0 Å². The molecule has 4 rings (SSSR count). The van der Waals surface area contributed by atoms with Gasteiger partial charge in [-0.3, -0.25) is 9.20 Å². The molecular formula is C22H21N5O3S2. The Bertz CT molecular complexity index is 1280. The van der Waals surface area contributed by atoms with Gasteiger partial charge >= 0.3 is 5.97 Å². The summed E-state index contributed by atoms with van der Waals surface area (Å²) in [6.07, 6.45) is 0. The summed E-state index contributed by atoms with van der Waals surface area (Å²) in [5.41, 5.74) is 3.20. The highest BCUT2D eigenvalue weighted by Gasteiger charge is 2.20. The van der Waals surface area contributed by atoms with Gasteiger partial charge in [-0.25, -0.2) is 9.78 Å². The maximum Gasteiger partial charge on any atom is 0.350 e. The number of thiophene rings is 1. The van der Waals surface area contributed by atoms with Crippen molar-refractivity contribution < 1.29 is 14.3 Å². The van der Waals surface area contributed by atoms with E-state index in [9.17, 15) is 9.59 Å². The summed E-state index contributed by atoms with van der Waals surface area (Å²) >= 11 is 2.55. The third kappa shape index (κ3) is 4.66. The van der Waals surface area contributed by atoms with Crippen LogP contribution in [0.25, 0.3) is 16.2 Å². The normalized spacial score (nSPS) is 11.0. The van der Waals surface area contributed by atoms with Crippen molar-refractivity contribution in [3.63, 3.8) is 0 Å². The van der Waals surface area contributed by atoms with Crippen LogP contribution in [0, 0.1) is 13.8 Å². The van der Waals surface area contributed by atoms with Crippen LogP contribution in [0.2, 0.25) is 0 Å². The van der Waals surface area contributed by atoms with Crippen molar-refractivity contribution in [3.05, 3.63) is 58.7 Å². The minimum absolute atomic E-state index is 0.104. The van der Waals surface area contributed by atoms with Gasteiger partial charge in [-0.05, 0) is 38.5 Å². The number of hydrogen-bond donors (Lipinski definition) is 1. The zero-order valence-electron chi connectivity index (χ0n) is 17.8. The van der Waals surface area contributed by atoms with Crippen LogP contribution in [-0.4, -0.2) is 43.8 Å². The van der Waals surface area contributed by atoms with Crippen LogP contribution in [-0.2, 0) is 9.53 Å². The van der Waals surface area contributed by atoms with E-state index in [0.717, 1.165) is 21.8 Å². The number of benzene rings is 1. The molecule has 0 saturated heterocycles. The van der Waals surface area contributed by atoms with E-state index in [1.165, 1.54) is 23.1 Å². The molecule has 0 unspecified atom stereocenters. The number of carbonyl (C=O) groups excluding carboxylic acids is 2. The van der Waals surface area contributed by atoms with Crippen molar-refractivity contribution in [2.75, 3.05) is 17.7 Å². The molecule has 1 aromatic carbocycles. The van der Waals surface area contributed by atoms with Gasteiger partial charge in [-0.2, -0.15) is 0 Å². The van der Waals surface area contributed by atoms with E-state index in [-0.39, 0.29) is 18.3 Å². The first-order chi connectivity index (χ1) is 15.5. The van der Waals surface area contributed by atoms with Crippen LogP contribution >= 0.6 is 23.1 Å². The first kappa shape index (κ1) is 22.0. The van der Waals surface area contributed by atoms with Crippen LogP contribution in [0.1, 0.15) is 28.0 Å². The summed E-state index contributed by atoms with van der Waals surface area (Å²) in [5, 5.41) is 11.7. The number of rotatable bonds is 7. The number of thioether (sulfide) groups is 1. The number of aryl methyl sites for hydroxylation is 2. The molecule has 0 spiro atoms. The van der Waals surface area contributed by atoms with Crippen molar-refractivity contribution >= 4 is 46.4 Å². The van der Waals surface area contributed by atoms with Crippen molar-refractivity contribution in [3.8, 4) is 10.4 Å². The Labute approximate surface area is 193 Å². The standard InChI is InChI=1S/C22H21N5O3S2/c1-4-30-20(29)19-16(11-17(32-19)15-8-6-5-7-9-15)24-18(28)12-31-22-26-25-21-23-13(2)10-14(3)27(21)22/h5-11H,4,12H2,1-3H3,(H,24,28). The van der Waals surface area contributed by atoms with Gasteiger partial charge in [0.15, 0.2) is 5.16 Å². The molecule has 32 heavy (non-hydrogen) atoms. The summed E-state index contributed by atoms with van der Waals surface area (Å²) in [6.45, 7) is 5.85. The van der Waals surface area contributed by atoms with Crippen LogP contribution in [0.5, 0.6) is 0 Å². The Hall–Kier alpha value is -3.24. The lowest BCUT2D eigenvalue weighted by Crippen LogP contribution is -2.16. The van der Waals surface area contributed by atoms with Crippen LogP contribution in [0.15, 0.2) is 47.6 Å². The molecule has 164 valence electrons. The number of aromatic nitrogens is 4. The molecule has 0 aliphatic heterocycles. The Morgan fingerprint density at radius 2 is 1.94 bits per heavy atom. The maximum atomic E-state index is 12.7. The zero-order chi connectivity index (χ0) is 22.7.